The maximum absolute atomic E-state index is 9.03. The van der Waals surface area contributed by atoms with Crippen LogP contribution >= 0.6 is 22.9 Å². The molecule has 1 N–H and O–H groups in total. The third-order valence-corrected chi connectivity index (χ3v) is 3.25. The zero-order valence-corrected chi connectivity index (χ0v) is 9.64. The van der Waals surface area contributed by atoms with Crippen LogP contribution in [-0.4, -0.2) is 15.1 Å². The Bertz CT molecular complexity index is 467. The van der Waals surface area contributed by atoms with Gasteiger partial charge >= 0.3 is 0 Å². The third kappa shape index (κ3) is 2.17. The van der Waals surface area contributed by atoms with Gasteiger partial charge in [0.1, 0.15) is 5.01 Å². The maximum Gasteiger partial charge on any atom is 0.142 e. The molecule has 0 atom stereocenters. The number of aromatic nitrogens is 2. The van der Waals surface area contributed by atoms with Crippen LogP contribution in [0.1, 0.15) is 10.6 Å². The van der Waals surface area contributed by atoms with Gasteiger partial charge in [-0.2, -0.15) is 0 Å². The molecular weight excluding hydrogens is 232 g/mol. The minimum absolute atomic E-state index is 0.0318. The second-order valence-corrected chi connectivity index (χ2v) is 4.68. The van der Waals surface area contributed by atoms with Crippen LogP contribution in [0.15, 0.2) is 18.3 Å². The molecule has 3 nitrogen and oxygen atoms in total. The van der Waals surface area contributed by atoms with E-state index in [9.17, 15) is 0 Å². The first-order chi connectivity index (χ1) is 7.20. The summed E-state index contributed by atoms with van der Waals surface area (Å²) in [6.45, 7) is 1.90. The molecule has 0 spiro atoms. The third-order valence-electron chi connectivity index (χ3n) is 1.99. The van der Waals surface area contributed by atoms with E-state index in [1.165, 1.54) is 11.3 Å². The first-order valence-corrected chi connectivity index (χ1v) is 5.59. The van der Waals surface area contributed by atoms with Crippen molar-refractivity contribution in [3.8, 4) is 10.7 Å². The van der Waals surface area contributed by atoms with Crippen molar-refractivity contribution in [3.63, 3.8) is 0 Å². The monoisotopic (exact) mass is 240 g/mol. The smallest absolute Gasteiger partial charge is 0.142 e. The van der Waals surface area contributed by atoms with Gasteiger partial charge in [0.15, 0.2) is 0 Å². The van der Waals surface area contributed by atoms with E-state index in [4.69, 9.17) is 16.7 Å². The Morgan fingerprint density at radius 3 is 2.80 bits per heavy atom. The van der Waals surface area contributed by atoms with E-state index in [1.54, 1.807) is 12.3 Å². The molecule has 0 aliphatic rings. The van der Waals surface area contributed by atoms with E-state index in [0.29, 0.717) is 10.7 Å². The summed E-state index contributed by atoms with van der Waals surface area (Å²) in [6, 6.07) is 3.60. The first kappa shape index (κ1) is 10.5. The predicted octanol–water partition coefficient (Wildman–Crippen LogP) is 2.66. The fourth-order valence-electron chi connectivity index (χ4n) is 1.19. The molecule has 2 heterocycles. The Morgan fingerprint density at radius 2 is 2.27 bits per heavy atom. The van der Waals surface area contributed by atoms with E-state index >= 15 is 0 Å². The molecule has 0 radical (unpaired) electrons. The van der Waals surface area contributed by atoms with Crippen molar-refractivity contribution in [2.75, 3.05) is 0 Å². The SMILES string of the molecule is Cc1sc(-c2ccc(Cl)cn2)nc1CO. The molecule has 0 fully saturated rings. The molecule has 2 rings (SSSR count). The second kappa shape index (κ2) is 4.26. The molecule has 0 saturated heterocycles. The molecule has 0 aromatic carbocycles. The molecule has 0 amide bonds. The zero-order valence-electron chi connectivity index (χ0n) is 8.07. The number of aliphatic hydroxyl groups is 1. The number of aliphatic hydroxyl groups excluding tert-OH is 1. The van der Waals surface area contributed by atoms with Crippen molar-refractivity contribution in [1.82, 2.24) is 9.97 Å². The van der Waals surface area contributed by atoms with Crippen LogP contribution in [0.2, 0.25) is 5.02 Å². The van der Waals surface area contributed by atoms with Crippen LogP contribution in [0.5, 0.6) is 0 Å². The molecule has 0 unspecified atom stereocenters. The molecule has 78 valence electrons. The minimum atomic E-state index is -0.0318. The van der Waals surface area contributed by atoms with E-state index in [-0.39, 0.29) is 6.61 Å². The molecule has 2 aromatic heterocycles. The Morgan fingerprint density at radius 1 is 1.47 bits per heavy atom. The van der Waals surface area contributed by atoms with E-state index in [2.05, 4.69) is 9.97 Å². The van der Waals surface area contributed by atoms with Crippen molar-refractivity contribution in [2.45, 2.75) is 13.5 Å². The molecule has 0 bridgehead atoms. The summed E-state index contributed by atoms with van der Waals surface area (Å²) in [4.78, 5) is 9.48. The Balaban J connectivity index is 2.41. The fraction of sp³-hybridized carbons (Fsp3) is 0.200. The molecular formula is C10H9ClN2OS. The Labute approximate surface area is 96.4 Å². The number of hydrogen-bond donors (Lipinski definition) is 1. The molecule has 0 aliphatic carbocycles. The van der Waals surface area contributed by atoms with Crippen molar-refractivity contribution < 1.29 is 5.11 Å². The Kier molecular flexibility index (Phi) is 3.00. The van der Waals surface area contributed by atoms with Crippen LogP contribution in [0.4, 0.5) is 0 Å². The number of pyridine rings is 1. The number of thiazole rings is 1. The van der Waals surface area contributed by atoms with Gasteiger partial charge in [0.2, 0.25) is 0 Å². The average molecular weight is 241 g/mol. The summed E-state index contributed by atoms with van der Waals surface area (Å²) in [5, 5.41) is 10.4. The number of hydrogen-bond acceptors (Lipinski definition) is 4. The molecule has 0 saturated carbocycles. The van der Waals surface area contributed by atoms with Crippen molar-refractivity contribution in [1.29, 1.82) is 0 Å². The lowest BCUT2D eigenvalue weighted by atomic mass is 10.3. The second-order valence-electron chi connectivity index (χ2n) is 3.04. The normalized spacial score (nSPS) is 10.6. The van der Waals surface area contributed by atoms with Gasteiger partial charge in [0.05, 0.1) is 23.0 Å². The zero-order chi connectivity index (χ0) is 10.8. The number of aryl methyl sites for hydroxylation is 1. The molecule has 15 heavy (non-hydrogen) atoms. The Hall–Kier alpha value is -0.970. The lowest BCUT2D eigenvalue weighted by Gasteiger charge is -1.94. The number of halogens is 1. The summed E-state index contributed by atoms with van der Waals surface area (Å²) in [7, 11) is 0. The number of rotatable bonds is 2. The van der Waals surface area contributed by atoms with Crippen molar-refractivity contribution >= 4 is 22.9 Å². The number of nitrogens with zero attached hydrogens (tertiary/aromatic N) is 2. The topological polar surface area (TPSA) is 46.0 Å². The highest BCUT2D eigenvalue weighted by Crippen LogP contribution is 2.26. The summed E-state index contributed by atoms with van der Waals surface area (Å²) in [5.74, 6) is 0. The van der Waals surface area contributed by atoms with Crippen molar-refractivity contribution in [2.24, 2.45) is 0 Å². The summed E-state index contributed by atoms with van der Waals surface area (Å²) < 4.78 is 0. The molecule has 2 aromatic rings. The predicted molar refractivity (Wildman–Crippen MR) is 61.0 cm³/mol. The van der Waals surface area contributed by atoms with Gasteiger partial charge in [-0.3, -0.25) is 4.98 Å². The van der Waals surface area contributed by atoms with Gasteiger partial charge in [-0.25, -0.2) is 4.98 Å². The van der Waals surface area contributed by atoms with Gasteiger partial charge in [0, 0.05) is 11.1 Å². The highest BCUT2D eigenvalue weighted by molar-refractivity contribution is 7.15. The van der Waals surface area contributed by atoms with Crippen LogP contribution in [-0.2, 0) is 6.61 Å². The highest BCUT2D eigenvalue weighted by atomic mass is 35.5. The van der Waals surface area contributed by atoms with E-state index < -0.39 is 0 Å². The van der Waals surface area contributed by atoms with E-state index in [1.807, 2.05) is 13.0 Å². The lowest BCUT2D eigenvalue weighted by molar-refractivity contribution is 0.277. The fourth-order valence-corrected chi connectivity index (χ4v) is 2.20. The van der Waals surface area contributed by atoms with Crippen LogP contribution in [0, 0.1) is 6.92 Å². The summed E-state index contributed by atoms with van der Waals surface area (Å²) in [6.07, 6.45) is 1.59. The van der Waals surface area contributed by atoms with E-state index in [0.717, 1.165) is 15.6 Å². The van der Waals surface area contributed by atoms with Gasteiger partial charge in [-0.1, -0.05) is 11.6 Å². The first-order valence-electron chi connectivity index (χ1n) is 4.40. The van der Waals surface area contributed by atoms with Gasteiger partial charge in [0.25, 0.3) is 0 Å². The molecule has 5 heteroatoms. The quantitative estimate of drug-likeness (QED) is 0.878. The van der Waals surface area contributed by atoms with Crippen LogP contribution in [0.25, 0.3) is 10.7 Å². The summed E-state index contributed by atoms with van der Waals surface area (Å²) in [5.41, 5.74) is 1.50. The highest BCUT2D eigenvalue weighted by Gasteiger charge is 2.09. The van der Waals surface area contributed by atoms with Crippen LogP contribution < -0.4 is 0 Å². The summed E-state index contributed by atoms with van der Waals surface area (Å²) >= 11 is 7.26. The van der Waals surface area contributed by atoms with Gasteiger partial charge in [-0.15, -0.1) is 11.3 Å². The lowest BCUT2D eigenvalue weighted by Crippen LogP contribution is -1.86. The van der Waals surface area contributed by atoms with Crippen molar-refractivity contribution in [3.05, 3.63) is 33.9 Å². The average Bonchev–Trinajstić information content (AvgIpc) is 2.61. The minimum Gasteiger partial charge on any atom is -0.390 e. The van der Waals surface area contributed by atoms with Crippen LogP contribution in [0.3, 0.4) is 0 Å². The largest absolute Gasteiger partial charge is 0.390 e. The van der Waals surface area contributed by atoms with Gasteiger partial charge in [-0.05, 0) is 19.1 Å². The molecule has 0 aliphatic heterocycles. The maximum atomic E-state index is 9.03. The standard InChI is InChI=1S/C10H9ClN2OS/c1-6-9(5-14)13-10(15-6)8-3-2-7(11)4-12-8/h2-4,14H,5H2,1H3. The van der Waals surface area contributed by atoms with Gasteiger partial charge < -0.3 is 5.11 Å².